The Labute approximate surface area is 154 Å². The minimum atomic E-state index is -0.956. The molecule has 1 aliphatic carbocycles. The van der Waals surface area contributed by atoms with Gasteiger partial charge in [0, 0.05) is 23.4 Å². The van der Waals surface area contributed by atoms with E-state index in [1.54, 1.807) is 21.3 Å². The van der Waals surface area contributed by atoms with E-state index >= 15 is 0 Å². The van der Waals surface area contributed by atoms with Crippen LogP contribution in [-0.2, 0) is 4.65 Å². The van der Waals surface area contributed by atoms with E-state index in [4.69, 9.17) is 9.39 Å². The fourth-order valence-electron chi connectivity index (χ4n) is 3.11. The van der Waals surface area contributed by atoms with Gasteiger partial charge in [0.1, 0.15) is 11.5 Å². The van der Waals surface area contributed by atoms with E-state index in [0.29, 0.717) is 0 Å². The Morgan fingerprint density at radius 3 is 2.77 bits per heavy atom. The summed E-state index contributed by atoms with van der Waals surface area (Å²) in [6.45, 7) is 7.23. The molecule has 0 saturated heterocycles. The monoisotopic (exact) mass is 348 g/mol. The Balaban J connectivity index is 1.67. The molecule has 0 amide bonds. The van der Waals surface area contributed by atoms with Crippen molar-refractivity contribution in [2.75, 3.05) is 0 Å². The predicted octanol–water partition coefficient (Wildman–Crippen LogP) is 1.63. The van der Waals surface area contributed by atoms with Crippen molar-refractivity contribution >= 4 is 24.8 Å². The maximum absolute atomic E-state index is 10.2. The van der Waals surface area contributed by atoms with Gasteiger partial charge in [-0.2, -0.15) is 0 Å². The summed E-state index contributed by atoms with van der Waals surface area (Å²) in [5.41, 5.74) is 1.21. The van der Waals surface area contributed by atoms with E-state index in [9.17, 15) is 5.11 Å². The van der Waals surface area contributed by atoms with Crippen molar-refractivity contribution < 1.29 is 14.5 Å². The molecule has 2 aliphatic rings. The van der Waals surface area contributed by atoms with Gasteiger partial charge < -0.3 is 14.5 Å². The molecule has 0 bridgehead atoms. The summed E-state index contributed by atoms with van der Waals surface area (Å²) in [4.78, 5) is 4.61. The minimum Gasteiger partial charge on any atom is -0.460 e. The van der Waals surface area contributed by atoms with E-state index in [2.05, 4.69) is 11.1 Å². The zero-order valence-electron chi connectivity index (χ0n) is 15.7. The first kappa shape index (κ1) is 17.3. The number of rotatable bonds is 4. The molecule has 1 aliphatic heterocycles. The van der Waals surface area contributed by atoms with Crippen molar-refractivity contribution in [1.29, 1.82) is 0 Å². The third-order valence-corrected chi connectivity index (χ3v) is 5.45. The molecule has 133 valence electrons. The molecule has 0 unspecified atom stereocenters. The van der Waals surface area contributed by atoms with Gasteiger partial charge in [-0.25, -0.2) is 0 Å². The molecule has 2 aromatic rings. The summed E-state index contributed by atoms with van der Waals surface area (Å²) in [6, 6.07) is 8.02. The standard InChI is InChI=1S/C21H23BNO3/c1-20(2,24)21(3,4)26-22-14-8-9-15-17(12-14)25-16-7-5-6-13-10-11-23-19(15)18(13)16/h6,8-12,24H,5,7H2,1-4H3. The SMILES string of the molecule is CC(C)(O)C(C)(C)O[B]c1ccc2c(c1)OC1=c3c-2nccc3=CCC1. The molecule has 1 radical (unpaired) electrons. The van der Waals surface area contributed by atoms with Gasteiger partial charge >= 0.3 is 7.48 Å². The summed E-state index contributed by atoms with van der Waals surface area (Å²) in [5.74, 6) is 1.80. The van der Waals surface area contributed by atoms with Crippen LogP contribution in [0, 0.1) is 0 Å². The van der Waals surface area contributed by atoms with E-state index in [-0.39, 0.29) is 0 Å². The summed E-state index contributed by atoms with van der Waals surface area (Å²) < 4.78 is 12.1. The highest BCUT2D eigenvalue weighted by molar-refractivity contribution is 6.47. The van der Waals surface area contributed by atoms with Crippen LogP contribution in [0.25, 0.3) is 23.1 Å². The zero-order chi connectivity index (χ0) is 18.5. The van der Waals surface area contributed by atoms with Gasteiger partial charge in [0.25, 0.3) is 0 Å². The summed E-state index contributed by atoms with van der Waals surface area (Å²) in [7, 11) is 1.68. The molecule has 4 nitrogen and oxygen atoms in total. The Morgan fingerprint density at radius 1 is 1.19 bits per heavy atom. The van der Waals surface area contributed by atoms with Crippen LogP contribution in [0.2, 0.25) is 0 Å². The number of ether oxygens (including phenoxy) is 1. The van der Waals surface area contributed by atoms with Crippen molar-refractivity contribution in [2.45, 2.75) is 51.7 Å². The van der Waals surface area contributed by atoms with E-state index in [1.807, 2.05) is 44.3 Å². The second kappa shape index (κ2) is 5.97. The Morgan fingerprint density at radius 2 is 2.00 bits per heavy atom. The van der Waals surface area contributed by atoms with Crippen LogP contribution < -0.4 is 20.6 Å². The van der Waals surface area contributed by atoms with Crippen molar-refractivity contribution in [3.8, 4) is 17.0 Å². The molecular weight excluding hydrogens is 325 g/mol. The van der Waals surface area contributed by atoms with Gasteiger partial charge in [0.15, 0.2) is 0 Å². The van der Waals surface area contributed by atoms with Crippen molar-refractivity contribution in [3.63, 3.8) is 0 Å². The zero-order valence-corrected chi connectivity index (χ0v) is 15.7. The number of nitrogens with zero attached hydrogens (tertiary/aromatic N) is 1. The fraction of sp³-hybridized carbons (Fsp3) is 0.381. The molecule has 1 aromatic heterocycles. The Kier molecular flexibility index (Phi) is 3.97. The Bertz CT molecular complexity index is 989. The van der Waals surface area contributed by atoms with Crippen molar-refractivity contribution in [2.24, 2.45) is 0 Å². The number of fused-ring (bicyclic) bond motifs is 2. The lowest BCUT2D eigenvalue weighted by Crippen LogP contribution is -2.49. The summed E-state index contributed by atoms with van der Waals surface area (Å²) in [6.07, 6.45) is 5.97. The topological polar surface area (TPSA) is 51.6 Å². The minimum absolute atomic E-state index is 0.708. The molecular formula is C21H23BNO3. The summed E-state index contributed by atoms with van der Waals surface area (Å²) in [5, 5.41) is 12.6. The molecule has 5 heteroatoms. The lowest BCUT2D eigenvalue weighted by Gasteiger charge is -2.37. The highest BCUT2D eigenvalue weighted by Gasteiger charge is 2.35. The number of pyridine rings is 1. The molecule has 2 heterocycles. The van der Waals surface area contributed by atoms with Crippen LogP contribution in [0.3, 0.4) is 0 Å². The number of hydrogen-bond acceptors (Lipinski definition) is 4. The molecule has 1 aromatic carbocycles. The lowest BCUT2D eigenvalue weighted by molar-refractivity contribution is -0.0893. The lowest BCUT2D eigenvalue weighted by atomic mass is 9.82. The van der Waals surface area contributed by atoms with Crippen molar-refractivity contribution in [3.05, 3.63) is 40.9 Å². The van der Waals surface area contributed by atoms with E-state index in [1.165, 1.54) is 5.22 Å². The second-order valence-electron chi connectivity index (χ2n) is 7.95. The quantitative estimate of drug-likeness (QED) is 0.854. The fourth-order valence-corrected chi connectivity index (χ4v) is 3.11. The van der Waals surface area contributed by atoms with Crippen molar-refractivity contribution in [1.82, 2.24) is 4.98 Å². The second-order valence-corrected chi connectivity index (χ2v) is 7.95. The van der Waals surface area contributed by atoms with Crippen LogP contribution in [0.5, 0.6) is 5.75 Å². The average molecular weight is 348 g/mol. The van der Waals surface area contributed by atoms with E-state index in [0.717, 1.165) is 46.3 Å². The number of aromatic nitrogens is 1. The normalized spacial score (nSPS) is 15.5. The predicted molar refractivity (Wildman–Crippen MR) is 104 cm³/mol. The van der Waals surface area contributed by atoms with E-state index < -0.39 is 11.2 Å². The molecule has 0 fully saturated rings. The van der Waals surface area contributed by atoms with Crippen LogP contribution in [0.4, 0.5) is 0 Å². The van der Waals surface area contributed by atoms with Gasteiger partial charge in [-0.3, -0.25) is 4.98 Å². The van der Waals surface area contributed by atoms with Crippen LogP contribution in [-0.4, -0.2) is 28.8 Å². The van der Waals surface area contributed by atoms with Gasteiger partial charge in [-0.15, -0.1) is 0 Å². The highest BCUT2D eigenvalue weighted by Crippen LogP contribution is 2.32. The first-order valence-corrected chi connectivity index (χ1v) is 9.00. The maximum atomic E-state index is 10.2. The molecule has 0 spiro atoms. The highest BCUT2D eigenvalue weighted by atomic mass is 16.5. The first-order valence-electron chi connectivity index (χ1n) is 9.00. The molecule has 0 atom stereocenters. The molecule has 4 rings (SSSR count). The third kappa shape index (κ3) is 2.85. The number of hydrogen-bond donors (Lipinski definition) is 1. The van der Waals surface area contributed by atoms with Gasteiger partial charge in [-0.1, -0.05) is 12.1 Å². The third-order valence-electron chi connectivity index (χ3n) is 5.45. The maximum Gasteiger partial charge on any atom is 0.331 e. The Hall–Kier alpha value is -2.11. The smallest absolute Gasteiger partial charge is 0.331 e. The molecule has 0 saturated carbocycles. The van der Waals surface area contributed by atoms with Crippen LogP contribution in [0.15, 0.2) is 30.5 Å². The van der Waals surface area contributed by atoms with Gasteiger partial charge in [0.05, 0.1) is 16.9 Å². The number of benzene rings is 1. The first-order chi connectivity index (χ1) is 12.3. The van der Waals surface area contributed by atoms with Crippen LogP contribution >= 0.6 is 0 Å². The number of aliphatic hydroxyl groups is 1. The van der Waals surface area contributed by atoms with Gasteiger partial charge in [0.2, 0.25) is 0 Å². The molecule has 1 N–H and O–H groups in total. The molecule has 26 heavy (non-hydrogen) atoms. The summed E-state index contributed by atoms with van der Waals surface area (Å²) >= 11 is 0. The van der Waals surface area contributed by atoms with Gasteiger partial charge in [-0.05, 0) is 63.0 Å². The van der Waals surface area contributed by atoms with Crippen LogP contribution in [0.1, 0.15) is 40.5 Å². The largest absolute Gasteiger partial charge is 0.460 e. The average Bonchev–Trinajstić information content (AvgIpc) is 2.59.